The van der Waals surface area contributed by atoms with Gasteiger partial charge in [-0.1, -0.05) is 61.2 Å². The molecule has 1 atom stereocenters. The molecule has 0 bridgehead atoms. The van der Waals surface area contributed by atoms with Crippen molar-refractivity contribution in [2.45, 2.75) is 51.2 Å². The molecule has 1 aromatic rings. The summed E-state index contributed by atoms with van der Waals surface area (Å²) in [5, 5.41) is 6.15. The molecule has 8 heteroatoms. The summed E-state index contributed by atoms with van der Waals surface area (Å²) >= 11 is 3.41. The van der Waals surface area contributed by atoms with Crippen molar-refractivity contribution in [3.8, 4) is 0 Å². The zero-order valence-corrected chi connectivity index (χ0v) is 23.9. The van der Waals surface area contributed by atoms with Gasteiger partial charge in [-0.15, -0.1) is 6.58 Å². The summed E-state index contributed by atoms with van der Waals surface area (Å²) in [6.45, 7) is 13.1. The molecular weight excluding hydrogens is 530 g/mol. The standard InChI is InChI=1S/C28H35BrN4O2.CH5N/c1-6-8-10-22(7-2)15-18-32-25(29)20-31-21-30-19-23-11-13-24(14-12-23)28(16-9-17-28)33-26(34)35-27(3,4)5;1-2/h6-8,10-15,18-22,32H,1-2,9,16-17H2,3-5H3,(H,33,34);2H2,1H3/b10-8?,18-15+,25-20-,30-19?,31-21?;. The molecule has 0 radical (unpaired) electrons. The quantitative estimate of drug-likeness (QED) is 0.0935. The van der Waals surface area contributed by atoms with Crippen molar-refractivity contribution in [3.05, 3.63) is 95.9 Å². The van der Waals surface area contributed by atoms with Crippen molar-refractivity contribution in [2.75, 3.05) is 7.05 Å². The zero-order valence-electron chi connectivity index (χ0n) is 22.3. The van der Waals surface area contributed by atoms with E-state index in [4.69, 9.17) is 4.74 Å². The number of nitrogens with two attached hydrogens (primary N) is 1. The van der Waals surface area contributed by atoms with E-state index in [-0.39, 0.29) is 17.6 Å². The highest BCUT2D eigenvalue weighted by Crippen LogP contribution is 2.41. The molecule has 1 amide bonds. The van der Waals surface area contributed by atoms with Crippen LogP contribution < -0.4 is 16.4 Å². The maximum Gasteiger partial charge on any atom is 0.408 e. The van der Waals surface area contributed by atoms with Crippen LogP contribution in [-0.2, 0) is 10.3 Å². The fourth-order valence-corrected chi connectivity index (χ4v) is 3.61. The highest BCUT2D eigenvalue weighted by Gasteiger charge is 2.41. The Morgan fingerprint density at radius 2 is 1.84 bits per heavy atom. The molecule has 4 N–H and O–H groups in total. The van der Waals surface area contributed by atoms with E-state index in [1.54, 1.807) is 18.5 Å². The first kappa shape index (κ1) is 31.8. The number of amides is 1. The normalized spacial score (nSPS) is 16.2. The summed E-state index contributed by atoms with van der Waals surface area (Å²) in [6.07, 6.45) is 18.5. The molecule has 1 aromatic carbocycles. The van der Waals surface area contributed by atoms with E-state index in [1.165, 1.54) is 13.4 Å². The van der Waals surface area contributed by atoms with Gasteiger partial charge in [0.05, 0.1) is 11.7 Å². The number of benzene rings is 1. The average Bonchev–Trinajstić information content (AvgIpc) is 2.84. The van der Waals surface area contributed by atoms with Crippen molar-refractivity contribution in [1.29, 1.82) is 0 Å². The van der Waals surface area contributed by atoms with Crippen molar-refractivity contribution >= 4 is 34.6 Å². The molecule has 0 saturated heterocycles. The van der Waals surface area contributed by atoms with Crippen LogP contribution in [0.15, 0.2) is 94.8 Å². The minimum absolute atomic E-state index is 0.118. The number of allylic oxidation sites excluding steroid dienone is 5. The molecule has 37 heavy (non-hydrogen) atoms. The van der Waals surface area contributed by atoms with E-state index in [1.807, 2.05) is 75.5 Å². The first-order valence-corrected chi connectivity index (χ1v) is 12.9. The van der Waals surface area contributed by atoms with Crippen LogP contribution in [0.4, 0.5) is 4.79 Å². The number of halogens is 1. The van der Waals surface area contributed by atoms with Crippen LogP contribution in [0.2, 0.25) is 0 Å². The molecule has 1 unspecified atom stereocenters. The molecule has 0 heterocycles. The fourth-order valence-electron chi connectivity index (χ4n) is 3.36. The number of ether oxygens (including phenoxy) is 1. The van der Waals surface area contributed by atoms with E-state index >= 15 is 0 Å². The second kappa shape index (κ2) is 16.5. The van der Waals surface area contributed by atoms with Gasteiger partial charge in [-0.2, -0.15) is 0 Å². The molecule has 0 spiro atoms. The molecule has 1 aliphatic rings. The summed E-state index contributed by atoms with van der Waals surface area (Å²) < 4.78 is 6.14. The van der Waals surface area contributed by atoms with Crippen molar-refractivity contribution in [1.82, 2.24) is 10.6 Å². The van der Waals surface area contributed by atoms with E-state index in [9.17, 15) is 4.79 Å². The largest absolute Gasteiger partial charge is 0.444 e. The molecule has 0 aliphatic heterocycles. The average molecular weight is 571 g/mol. The number of alkyl carbamates (subject to hydrolysis) is 1. The predicted octanol–water partition coefficient (Wildman–Crippen LogP) is 6.45. The van der Waals surface area contributed by atoms with E-state index in [2.05, 4.69) is 55.4 Å². The molecule has 1 saturated carbocycles. The number of hydrogen-bond acceptors (Lipinski definition) is 5. The fraction of sp³-hybridized carbons (Fsp3) is 0.345. The van der Waals surface area contributed by atoms with Crippen LogP contribution in [-0.4, -0.2) is 31.3 Å². The van der Waals surface area contributed by atoms with E-state index in [0.717, 1.165) is 30.4 Å². The van der Waals surface area contributed by atoms with Gasteiger partial charge in [-0.3, -0.25) is 0 Å². The Morgan fingerprint density at radius 3 is 2.38 bits per heavy atom. The van der Waals surface area contributed by atoms with Crippen molar-refractivity contribution in [3.63, 3.8) is 0 Å². The van der Waals surface area contributed by atoms with Gasteiger partial charge in [0.2, 0.25) is 0 Å². The smallest absolute Gasteiger partial charge is 0.408 e. The lowest BCUT2D eigenvalue weighted by Gasteiger charge is -2.43. The van der Waals surface area contributed by atoms with Crippen LogP contribution in [0, 0.1) is 5.92 Å². The lowest BCUT2D eigenvalue weighted by Crippen LogP contribution is -2.52. The molecule has 1 aliphatic carbocycles. The molecule has 7 nitrogen and oxygen atoms in total. The van der Waals surface area contributed by atoms with Crippen LogP contribution in [0.25, 0.3) is 0 Å². The minimum atomic E-state index is -0.522. The van der Waals surface area contributed by atoms with Gasteiger partial charge >= 0.3 is 6.09 Å². The third-order valence-electron chi connectivity index (χ3n) is 5.24. The predicted molar refractivity (Wildman–Crippen MR) is 160 cm³/mol. The highest BCUT2D eigenvalue weighted by atomic mass is 79.9. The number of nitrogens with zero attached hydrogens (tertiary/aromatic N) is 2. The highest BCUT2D eigenvalue weighted by molar-refractivity contribution is 9.11. The summed E-state index contributed by atoms with van der Waals surface area (Å²) in [5.74, 6) is 0.118. The van der Waals surface area contributed by atoms with Crippen LogP contribution in [0.5, 0.6) is 0 Å². The van der Waals surface area contributed by atoms with Crippen molar-refractivity contribution < 1.29 is 9.53 Å². The van der Waals surface area contributed by atoms with Gasteiger partial charge in [-0.05, 0) is 80.3 Å². The summed E-state index contributed by atoms with van der Waals surface area (Å²) in [5.41, 5.74) is 5.64. The summed E-state index contributed by atoms with van der Waals surface area (Å²) in [7, 11) is 1.50. The second-order valence-corrected chi connectivity index (χ2v) is 10.00. The van der Waals surface area contributed by atoms with E-state index in [0.29, 0.717) is 4.61 Å². The van der Waals surface area contributed by atoms with Gasteiger partial charge in [0.15, 0.2) is 0 Å². The molecule has 2 rings (SSSR count). The number of nitrogens with one attached hydrogen (secondary N) is 2. The van der Waals surface area contributed by atoms with Gasteiger partial charge in [0.25, 0.3) is 0 Å². The van der Waals surface area contributed by atoms with Gasteiger partial charge < -0.3 is 21.1 Å². The molecular formula is C29H40BrN5O2. The number of hydrogen-bond donors (Lipinski definition) is 3. The lowest BCUT2D eigenvalue weighted by molar-refractivity contribution is 0.0377. The second-order valence-electron chi connectivity index (χ2n) is 9.14. The first-order chi connectivity index (χ1) is 17.7. The molecule has 1 fully saturated rings. The van der Waals surface area contributed by atoms with Crippen molar-refractivity contribution in [2.24, 2.45) is 21.6 Å². The number of carbonyl (C=O) groups is 1. The molecule has 200 valence electrons. The Balaban J connectivity index is 0.00000334. The van der Waals surface area contributed by atoms with Crippen LogP contribution >= 0.6 is 15.9 Å². The summed E-state index contributed by atoms with van der Waals surface area (Å²) in [4.78, 5) is 20.7. The Bertz CT molecular complexity index is 1010. The molecule has 0 aromatic heterocycles. The lowest BCUT2D eigenvalue weighted by atomic mass is 9.72. The minimum Gasteiger partial charge on any atom is -0.444 e. The Morgan fingerprint density at radius 1 is 1.16 bits per heavy atom. The van der Waals surface area contributed by atoms with Gasteiger partial charge in [0, 0.05) is 12.1 Å². The Labute approximate surface area is 230 Å². The van der Waals surface area contributed by atoms with Gasteiger partial charge in [0.1, 0.15) is 16.5 Å². The first-order valence-electron chi connectivity index (χ1n) is 12.1. The zero-order chi connectivity index (χ0) is 27.7. The third kappa shape index (κ3) is 12.0. The number of aliphatic imine (C=N–C) groups is 2. The number of rotatable bonds is 11. The maximum absolute atomic E-state index is 12.3. The maximum atomic E-state index is 12.3. The SMILES string of the molecule is C=CC=CC(C=C)/C=C/N/C(Br)=C\N=CN=Cc1ccc(C2(NC(=O)OC(C)(C)C)CCC2)cc1.CN. The summed E-state index contributed by atoms with van der Waals surface area (Å²) in [6, 6.07) is 8.03. The van der Waals surface area contributed by atoms with E-state index < -0.39 is 5.60 Å². The van der Waals surface area contributed by atoms with Crippen LogP contribution in [0.1, 0.15) is 51.2 Å². The Kier molecular flexibility index (Phi) is 14.2. The Hall–Kier alpha value is -3.23. The monoisotopic (exact) mass is 569 g/mol. The number of carbonyl (C=O) groups excluding carboxylic acids is 1. The van der Waals surface area contributed by atoms with Gasteiger partial charge in [-0.25, -0.2) is 14.8 Å². The van der Waals surface area contributed by atoms with Crippen LogP contribution in [0.3, 0.4) is 0 Å². The third-order valence-corrected chi connectivity index (χ3v) is 5.67. The topological polar surface area (TPSA) is 101 Å².